The smallest absolute Gasteiger partial charge is 0.410 e. The summed E-state index contributed by atoms with van der Waals surface area (Å²) in [7, 11) is 3.82. The SMILES string of the molecule is CN(C(=O)OCc1ccccc1)C1C[C@H](CN2CCC(CCCc3ccc(F)cc3)CC2)[C@@H](c2ccccc2)C1.CN(C(=O)OCc1ccccc1)C1C[C@H](CN2CCC(CCCc3ccccc3)CC2)[C@@H](c2ccccc2)C1. The number of carbonyl (C=O) groups is 2. The van der Waals surface area contributed by atoms with E-state index in [2.05, 4.69) is 101 Å². The van der Waals surface area contributed by atoms with Crippen molar-refractivity contribution in [1.82, 2.24) is 19.6 Å². The van der Waals surface area contributed by atoms with Crippen LogP contribution in [0, 0.1) is 29.5 Å². The molecule has 0 spiro atoms. The summed E-state index contributed by atoms with van der Waals surface area (Å²) in [6.45, 7) is 7.55. The second kappa shape index (κ2) is 29.8. The second-order valence-electron chi connectivity index (χ2n) is 23.5. The predicted molar refractivity (Wildman–Crippen MR) is 317 cm³/mol. The number of benzene rings is 6. The first kappa shape index (κ1) is 57.4. The van der Waals surface area contributed by atoms with E-state index in [4.69, 9.17) is 9.47 Å². The molecule has 79 heavy (non-hydrogen) atoms. The maximum atomic E-state index is 13.2. The maximum Gasteiger partial charge on any atom is 0.410 e. The number of carbonyl (C=O) groups excluding carboxylic acids is 2. The molecule has 6 aromatic rings. The number of nitrogens with zero attached hydrogens (tertiary/aromatic N) is 4. The van der Waals surface area contributed by atoms with Gasteiger partial charge in [0.1, 0.15) is 19.0 Å². The minimum absolute atomic E-state index is 0.158. The van der Waals surface area contributed by atoms with Crippen molar-refractivity contribution < 1.29 is 23.5 Å². The summed E-state index contributed by atoms with van der Waals surface area (Å²) in [5.41, 5.74) is 7.52. The van der Waals surface area contributed by atoms with Gasteiger partial charge in [0.2, 0.25) is 0 Å². The van der Waals surface area contributed by atoms with Gasteiger partial charge < -0.3 is 29.1 Å². The second-order valence-corrected chi connectivity index (χ2v) is 23.5. The van der Waals surface area contributed by atoms with Crippen LogP contribution in [0.1, 0.15) is 122 Å². The summed E-state index contributed by atoms with van der Waals surface area (Å²) < 4.78 is 24.5. The first-order valence-corrected chi connectivity index (χ1v) is 29.9. The van der Waals surface area contributed by atoms with Crippen molar-refractivity contribution in [1.29, 1.82) is 0 Å². The Balaban J connectivity index is 0.000000192. The van der Waals surface area contributed by atoms with Gasteiger partial charge in [0.25, 0.3) is 0 Å². The van der Waals surface area contributed by atoms with Crippen LogP contribution in [0.4, 0.5) is 14.0 Å². The van der Waals surface area contributed by atoms with E-state index in [9.17, 15) is 14.0 Å². The molecule has 2 saturated heterocycles. The Hall–Kier alpha value is -6.29. The van der Waals surface area contributed by atoms with Crippen molar-refractivity contribution in [2.45, 2.75) is 127 Å². The molecule has 10 rings (SSSR count). The number of likely N-dealkylation sites (tertiary alicyclic amines) is 2. The molecule has 0 bridgehead atoms. The standard InChI is InChI=1S/C35H43FN2O2.C35H44N2O2/c1-37(35(39)40-26-29-9-4-2-5-10-29)33-23-31(34(24-33)30-13-6-3-7-14-30)25-38-21-19-28(20-22-38)12-8-11-27-15-17-32(36)18-16-27;1-36(35(38)39-27-30-14-7-3-8-15-30)33-24-32(34(25-33)31-18-9-4-10-19-31)26-37-22-20-29(21-23-37)17-11-16-28-12-5-2-6-13-28/h2-7,9-10,13-18,28,31,33-34H,8,11-12,19-26H2,1H3;2-10,12-15,18-19,29,32-34H,11,16-17,20-27H2,1H3/t31-,33?,34-;32-,33?,34-/m11/s1. The lowest BCUT2D eigenvalue weighted by Crippen LogP contribution is -2.38. The van der Waals surface area contributed by atoms with Crippen LogP contribution in [0.3, 0.4) is 0 Å². The summed E-state index contributed by atoms with van der Waals surface area (Å²) in [5.74, 6) is 3.48. The number of piperidine rings is 2. The lowest BCUT2D eigenvalue weighted by atomic mass is 9.87. The Kier molecular flexibility index (Phi) is 21.6. The molecular formula is C70H87FN4O4. The van der Waals surface area contributed by atoms with Gasteiger partial charge in [-0.05, 0) is 184 Å². The highest BCUT2D eigenvalue weighted by Gasteiger charge is 2.41. The lowest BCUT2D eigenvalue weighted by Gasteiger charge is -2.35. The fraction of sp³-hybridized carbons (Fsp3) is 0.457. The maximum absolute atomic E-state index is 13.2. The van der Waals surface area contributed by atoms with Crippen LogP contribution in [0.5, 0.6) is 0 Å². The molecule has 9 heteroatoms. The van der Waals surface area contributed by atoms with E-state index in [1.165, 1.54) is 93.1 Å². The Bertz CT molecular complexity index is 2680. The molecule has 2 heterocycles. The van der Waals surface area contributed by atoms with Crippen LogP contribution in [-0.4, -0.2) is 97.2 Å². The van der Waals surface area contributed by atoms with Crippen LogP contribution in [0.25, 0.3) is 0 Å². The number of rotatable bonds is 20. The molecule has 2 aliphatic carbocycles. The van der Waals surface area contributed by atoms with E-state index in [1.807, 2.05) is 96.7 Å². The normalized spacial score (nSPS) is 21.9. The van der Waals surface area contributed by atoms with Crippen LogP contribution in [0.2, 0.25) is 0 Å². The Morgan fingerprint density at radius 1 is 0.456 bits per heavy atom. The monoisotopic (exact) mass is 1070 g/mol. The van der Waals surface area contributed by atoms with Crippen LogP contribution < -0.4 is 0 Å². The van der Waals surface area contributed by atoms with Crippen LogP contribution >= 0.6 is 0 Å². The van der Waals surface area contributed by atoms with E-state index in [0.29, 0.717) is 36.9 Å². The number of aryl methyl sites for hydroxylation is 2. The van der Waals surface area contributed by atoms with Crippen LogP contribution in [0.15, 0.2) is 176 Å². The number of hydrogen-bond acceptors (Lipinski definition) is 6. The number of hydrogen-bond donors (Lipinski definition) is 0. The Labute approximate surface area is 472 Å². The third-order valence-electron chi connectivity index (χ3n) is 18.2. The van der Waals surface area contributed by atoms with E-state index in [1.54, 1.807) is 12.1 Å². The number of halogens is 1. The molecule has 2 saturated carbocycles. The highest BCUT2D eigenvalue weighted by molar-refractivity contribution is 5.68. The molecule has 2 aliphatic heterocycles. The van der Waals surface area contributed by atoms with Gasteiger partial charge in [-0.2, -0.15) is 0 Å². The van der Waals surface area contributed by atoms with Crippen LogP contribution in [-0.2, 0) is 35.5 Å². The molecule has 0 radical (unpaired) electrons. The molecule has 8 nitrogen and oxygen atoms in total. The third-order valence-corrected chi connectivity index (χ3v) is 18.2. The highest BCUT2D eigenvalue weighted by atomic mass is 19.1. The lowest BCUT2D eigenvalue weighted by molar-refractivity contribution is 0.0894. The van der Waals surface area contributed by atoms with Gasteiger partial charge in [0.05, 0.1) is 0 Å². The van der Waals surface area contributed by atoms with Gasteiger partial charge in [0, 0.05) is 39.3 Å². The highest BCUT2D eigenvalue weighted by Crippen LogP contribution is 2.44. The first-order valence-electron chi connectivity index (χ1n) is 29.9. The molecule has 2 unspecified atom stereocenters. The quantitative estimate of drug-likeness (QED) is 0.0759. The van der Waals surface area contributed by atoms with Crippen molar-refractivity contribution >= 4 is 12.2 Å². The third kappa shape index (κ3) is 17.4. The molecule has 2 amide bonds. The fourth-order valence-electron chi connectivity index (χ4n) is 13.4. The van der Waals surface area contributed by atoms with E-state index in [-0.39, 0.29) is 30.1 Å². The molecule has 4 fully saturated rings. The molecular weight excluding hydrogens is 980 g/mol. The van der Waals surface area contributed by atoms with Gasteiger partial charge in [0.15, 0.2) is 0 Å². The summed E-state index contributed by atoms with van der Waals surface area (Å²) in [4.78, 5) is 35.0. The zero-order valence-electron chi connectivity index (χ0n) is 47.2. The van der Waals surface area contributed by atoms with Crippen molar-refractivity contribution in [3.8, 4) is 0 Å². The minimum Gasteiger partial charge on any atom is -0.445 e. The first-order chi connectivity index (χ1) is 38.7. The minimum atomic E-state index is -0.234. The summed E-state index contributed by atoms with van der Waals surface area (Å²) in [6, 6.07) is 59.8. The molecule has 418 valence electrons. The average Bonchev–Trinajstić information content (AvgIpc) is 4.23. The van der Waals surface area contributed by atoms with Crippen molar-refractivity contribution in [2.24, 2.45) is 23.7 Å². The molecule has 4 aliphatic rings. The van der Waals surface area contributed by atoms with Crippen molar-refractivity contribution in [3.05, 3.63) is 215 Å². The van der Waals surface area contributed by atoms with Crippen molar-refractivity contribution in [2.75, 3.05) is 53.4 Å². The van der Waals surface area contributed by atoms with Gasteiger partial charge in [-0.1, -0.05) is 177 Å². The molecule has 6 atom stereocenters. The Morgan fingerprint density at radius 3 is 1.18 bits per heavy atom. The van der Waals surface area contributed by atoms with E-state index in [0.717, 1.165) is 81.2 Å². The number of ether oxygens (including phenoxy) is 2. The van der Waals surface area contributed by atoms with Gasteiger partial charge in [-0.3, -0.25) is 0 Å². The Morgan fingerprint density at radius 2 is 0.797 bits per heavy atom. The summed E-state index contributed by atoms with van der Waals surface area (Å²) in [6.07, 6.45) is 16.0. The molecule has 6 aromatic carbocycles. The van der Waals surface area contributed by atoms with Crippen molar-refractivity contribution in [3.63, 3.8) is 0 Å². The topological polar surface area (TPSA) is 65.6 Å². The zero-order chi connectivity index (χ0) is 54.6. The van der Waals surface area contributed by atoms with E-state index >= 15 is 0 Å². The average molecular weight is 1070 g/mol. The zero-order valence-corrected chi connectivity index (χ0v) is 47.2. The molecule has 0 N–H and O–H groups in total. The largest absolute Gasteiger partial charge is 0.445 e. The number of amides is 2. The van der Waals surface area contributed by atoms with Gasteiger partial charge >= 0.3 is 12.2 Å². The van der Waals surface area contributed by atoms with Gasteiger partial charge in [-0.15, -0.1) is 0 Å². The van der Waals surface area contributed by atoms with E-state index < -0.39 is 0 Å². The fourth-order valence-corrected chi connectivity index (χ4v) is 13.4. The summed E-state index contributed by atoms with van der Waals surface area (Å²) in [5, 5.41) is 0. The summed E-state index contributed by atoms with van der Waals surface area (Å²) >= 11 is 0. The predicted octanol–water partition coefficient (Wildman–Crippen LogP) is 15.2. The van der Waals surface area contributed by atoms with Gasteiger partial charge in [-0.25, -0.2) is 14.0 Å². The molecule has 0 aromatic heterocycles.